The first kappa shape index (κ1) is 20.0. The molecule has 0 aliphatic rings. The maximum Gasteiger partial charge on any atom is 0.416 e. The monoisotopic (exact) mass is 345 g/mol. The number of benzene rings is 1. The van der Waals surface area contributed by atoms with E-state index in [0.29, 0.717) is 18.4 Å². The molecule has 24 heavy (non-hydrogen) atoms. The molecule has 0 saturated heterocycles. The topological polar surface area (TPSA) is 66.4 Å². The maximum absolute atomic E-state index is 12.5. The van der Waals surface area contributed by atoms with Crippen LogP contribution in [-0.2, 0) is 22.2 Å². The number of hydrogen-bond acceptors (Lipinski definition) is 2. The standard InChI is InChI=1S/C17H22F3NO3/c1-4-13(15(22)21-11(3)10(2)16(23)24)9-12-5-7-14(8-6-12)17(18,19)20/h5-8,10-11,13H,4,9H2,1-3H3,(H,21,22)(H,23,24). The molecule has 1 aromatic rings. The number of carbonyl (C=O) groups is 2. The van der Waals surface area contributed by atoms with Crippen LogP contribution >= 0.6 is 0 Å². The van der Waals surface area contributed by atoms with Crippen molar-refractivity contribution in [2.24, 2.45) is 11.8 Å². The van der Waals surface area contributed by atoms with Crippen molar-refractivity contribution in [1.82, 2.24) is 5.32 Å². The Morgan fingerprint density at radius 2 is 1.71 bits per heavy atom. The lowest BCUT2D eigenvalue weighted by molar-refractivity contribution is -0.142. The van der Waals surface area contributed by atoms with Gasteiger partial charge in [-0.25, -0.2) is 0 Å². The second-order valence-corrected chi connectivity index (χ2v) is 5.93. The van der Waals surface area contributed by atoms with E-state index < -0.39 is 35.6 Å². The van der Waals surface area contributed by atoms with Gasteiger partial charge in [0.05, 0.1) is 11.5 Å². The van der Waals surface area contributed by atoms with Gasteiger partial charge in [-0.3, -0.25) is 9.59 Å². The highest BCUT2D eigenvalue weighted by Gasteiger charge is 2.30. The molecule has 7 heteroatoms. The Balaban J connectivity index is 2.73. The van der Waals surface area contributed by atoms with Gasteiger partial charge < -0.3 is 10.4 Å². The molecule has 2 N–H and O–H groups in total. The van der Waals surface area contributed by atoms with Gasteiger partial charge in [-0.1, -0.05) is 19.1 Å². The van der Waals surface area contributed by atoms with Crippen molar-refractivity contribution in [2.75, 3.05) is 0 Å². The first-order valence-electron chi connectivity index (χ1n) is 7.75. The Morgan fingerprint density at radius 3 is 2.12 bits per heavy atom. The van der Waals surface area contributed by atoms with E-state index in [9.17, 15) is 22.8 Å². The zero-order valence-electron chi connectivity index (χ0n) is 13.9. The quantitative estimate of drug-likeness (QED) is 0.795. The highest BCUT2D eigenvalue weighted by atomic mass is 19.4. The van der Waals surface area contributed by atoms with Crippen LogP contribution in [0.15, 0.2) is 24.3 Å². The summed E-state index contributed by atoms with van der Waals surface area (Å²) in [5, 5.41) is 11.6. The van der Waals surface area contributed by atoms with Crippen molar-refractivity contribution in [3.05, 3.63) is 35.4 Å². The molecule has 3 atom stereocenters. The van der Waals surface area contributed by atoms with E-state index >= 15 is 0 Å². The molecule has 3 unspecified atom stereocenters. The number of rotatable bonds is 7. The molecule has 0 spiro atoms. The molecule has 0 saturated carbocycles. The molecule has 1 rings (SSSR count). The first-order chi connectivity index (χ1) is 11.1. The van der Waals surface area contributed by atoms with Crippen LogP contribution < -0.4 is 5.32 Å². The Kier molecular flexibility index (Phi) is 6.81. The van der Waals surface area contributed by atoms with Crippen LogP contribution in [0.5, 0.6) is 0 Å². The summed E-state index contributed by atoms with van der Waals surface area (Å²) in [7, 11) is 0. The number of carbonyl (C=O) groups excluding carboxylic acids is 1. The molecule has 0 aliphatic heterocycles. The summed E-state index contributed by atoms with van der Waals surface area (Å²) in [6.07, 6.45) is -3.59. The van der Waals surface area contributed by atoms with Gasteiger partial charge >= 0.3 is 12.1 Å². The van der Waals surface area contributed by atoms with Gasteiger partial charge in [0.1, 0.15) is 0 Å². The zero-order chi connectivity index (χ0) is 18.5. The van der Waals surface area contributed by atoms with E-state index in [4.69, 9.17) is 5.11 Å². The van der Waals surface area contributed by atoms with E-state index in [1.54, 1.807) is 13.8 Å². The summed E-state index contributed by atoms with van der Waals surface area (Å²) in [6, 6.07) is 4.19. The van der Waals surface area contributed by atoms with Gasteiger partial charge in [0.25, 0.3) is 0 Å². The molecular weight excluding hydrogens is 323 g/mol. The predicted molar refractivity (Wildman–Crippen MR) is 83.3 cm³/mol. The van der Waals surface area contributed by atoms with Gasteiger partial charge in [0, 0.05) is 12.0 Å². The van der Waals surface area contributed by atoms with Crippen molar-refractivity contribution in [1.29, 1.82) is 0 Å². The molecule has 0 heterocycles. The Bertz CT molecular complexity index is 569. The van der Waals surface area contributed by atoms with Gasteiger partial charge in [0.2, 0.25) is 5.91 Å². The van der Waals surface area contributed by atoms with Crippen LogP contribution in [0, 0.1) is 11.8 Å². The molecule has 0 aliphatic carbocycles. The minimum absolute atomic E-state index is 0.294. The van der Waals surface area contributed by atoms with Crippen molar-refractivity contribution < 1.29 is 27.9 Å². The van der Waals surface area contributed by atoms with Gasteiger partial charge in [-0.2, -0.15) is 13.2 Å². The lowest BCUT2D eigenvalue weighted by Crippen LogP contribution is -2.43. The second-order valence-electron chi connectivity index (χ2n) is 5.93. The average Bonchev–Trinajstić information content (AvgIpc) is 2.50. The summed E-state index contributed by atoms with van der Waals surface area (Å²) < 4.78 is 37.6. The fourth-order valence-electron chi connectivity index (χ4n) is 2.22. The second kappa shape index (κ2) is 8.17. The van der Waals surface area contributed by atoms with Gasteiger partial charge in [-0.15, -0.1) is 0 Å². The largest absolute Gasteiger partial charge is 0.481 e. The number of hydrogen-bond donors (Lipinski definition) is 2. The van der Waals surface area contributed by atoms with Crippen LogP contribution in [-0.4, -0.2) is 23.0 Å². The van der Waals surface area contributed by atoms with Crippen molar-refractivity contribution in [2.45, 2.75) is 45.8 Å². The number of alkyl halides is 3. The average molecular weight is 345 g/mol. The summed E-state index contributed by atoms with van der Waals surface area (Å²) >= 11 is 0. The number of carboxylic acid groups (broad SMARTS) is 1. The number of halogens is 3. The summed E-state index contributed by atoms with van der Waals surface area (Å²) in [5.41, 5.74) is -0.100. The van der Waals surface area contributed by atoms with E-state index in [-0.39, 0.29) is 5.91 Å². The van der Waals surface area contributed by atoms with E-state index in [1.165, 1.54) is 19.1 Å². The third-order valence-corrected chi connectivity index (χ3v) is 4.14. The molecule has 1 amide bonds. The van der Waals surface area contributed by atoms with Crippen molar-refractivity contribution >= 4 is 11.9 Å². The number of carboxylic acids is 1. The van der Waals surface area contributed by atoms with E-state index in [0.717, 1.165) is 12.1 Å². The zero-order valence-corrected chi connectivity index (χ0v) is 13.9. The fourth-order valence-corrected chi connectivity index (χ4v) is 2.22. The SMILES string of the molecule is CCC(Cc1ccc(C(F)(F)F)cc1)C(=O)NC(C)C(C)C(=O)O. The summed E-state index contributed by atoms with van der Waals surface area (Å²) in [4.78, 5) is 23.2. The molecule has 0 fully saturated rings. The maximum atomic E-state index is 12.5. The number of nitrogens with one attached hydrogen (secondary N) is 1. The molecule has 0 radical (unpaired) electrons. The van der Waals surface area contributed by atoms with Crippen LogP contribution in [0.4, 0.5) is 13.2 Å². The predicted octanol–water partition coefficient (Wildman–Crippen LogP) is 3.50. The minimum atomic E-state index is -4.39. The highest BCUT2D eigenvalue weighted by Crippen LogP contribution is 2.29. The van der Waals surface area contributed by atoms with Gasteiger partial charge in [-0.05, 0) is 44.4 Å². The Morgan fingerprint density at radius 1 is 1.17 bits per heavy atom. The molecule has 4 nitrogen and oxygen atoms in total. The van der Waals surface area contributed by atoms with E-state index in [2.05, 4.69) is 5.32 Å². The van der Waals surface area contributed by atoms with Crippen LogP contribution in [0.3, 0.4) is 0 Å². The fraction of sp³-hybridized carbons (Fsp3) is 0.529. The minimum Gasteiger partial charge on any atom is -0.481 e. The van der Waals surface area contributed by atoms with Crippen LogP contribution in [0.25, 0.3) is 0 Å². The summed E-state index contributed by atoms with van der Waals surface area (Å²) in [6.45, 7) is 4.92. The van der Waals surface area contributed by atoms with E-state index in [1.807, 2.05) is 0 Å². The summed E-state index contributed by atoms with van der Waals surface area (Å²) in [5.74, 6) is -2.45. The normalized spacial score (nSPS) is 15.4. The third-order valence-electron chi connectivity index (χ3n) is 4.14. The lowest BCUT2D eigenvalue weighted by atomic mass is 9.94. The van der Waals surface area contributed by atoms with Crippen LogP contribution in [0.2, 0.25) is 0 Å². The van der Waals surface area contributed by atoms with Crippen molar-refractivity contribution in [3.8, 4) is 0 Å². The molecular formula is C17H22F3NO3. The van der Waals surface area contributed by atoms with Gasteiger partial charge in [0.15, 0.2) is 0 Å². The first-order valence-corrected chi connectivity index (χ1v) is 7.75. The molecule has 134 valence electrons. The molecule has 0 bridgehead atoms. The molecule has 0 aromatic heterocycles. The van der Waals surface area contributed by atoms with Crippen molar-refractivity contribution in [3.63, 3.8) is 0 Å². The number of aliphatic carboxylic acids is 1. The van der Waals surface area contributed by atoms with Crippen LogP contribution in [0.1, 0.15) is 38.3 Å². The Hall–Kier alpha value is -2.05. The number of amides is 1. The third kappa shape index (κ3) is 5.54. The highest BCUT2D eigenvalue weighted by molar-refractivity contribution is 5.80. The molecule has 1 aromatic carbocycles. The Labute approximate surface area is 139 Å². The lowest BCUT2D eigenvalue weighted by Gasteiger charge is -2.22. The smallest absolute Gasteiger partial charge is 0.416 e.